The van der Waals surface area contributed by atoms with Crippen molar-refractivity contribution in [2.75, 3.05) is 32.2 Å². The summed E-state index contributed by atoms with van der Waals surface area (Å²) in [5.74, 6) is 1.21. The number of anilines is 2. The van der Waals surface area contributed by atoms with E-state index in [9.17, 15) is 4.39 Å². The summed E-state index contributed by atoms with van der Waals surface area (Å²) < 4.78 is 27.0. The SMILES string of the molecule is COc1cc(OC)cc(N(CC(F)CN)c2ccc3ncc(-c4cnn(C)c4)nc3c2)c1. The highest BCUT2D eigenvalue weighted by Gasteiger charge is 2.18. The van der Waals surface area contributed by atoms with Crippen LogP contribution in [0.15, 0.2) is 55.0 Å². The number of rotatable bonds is 8. The zero-order valence-electron chi connectivity index (χ0n) is 18.2. The van der Waals surface area contributed by atoms with Gasteiger partial charge in [-0.15, -0.1) is 0 Å². The second-order valence-electron chi connectivity index (χ2n) is 7.35. The standard InChI is InChI=1S/C23H25FN6O2/c1-29-13-15(11-27-29)23-12-26-21-5-4-17(8-22(21)28-23)30(14-16(24)10-25)18-6-19(31-2)9-20(7-18)32-3/h4-9,11-13,16H,10,14,25H2,1-3H3. The Morgan fingerprint density at radius 1 is 1.03 bits per heavy atom. The Hall–Kier alpha value is -3.72. The lowest BCUT2D eigenvalue weighted by molar-refractivity contribution is 0.348. The maximum Gasteiger partial charge on any atom is 0.130 e. The maximum atomic E-state index is 14.5. The van der Waals surface area contributed by atoms with Crippen LogP contribution in [0.1, 0.15) is 0 Å². The fourth-order valence-corrected chi connectivity index (χ4v) is 3.44. The Morgan fingerprint density at radius 2 is 1.78 bits per heavy atom. The van der Waals surface area contributed by atoms with E-state index in [1.165, 1.54) is 0 Å². The number of nitrogens with two attached hydrogens (primary N) is 1. The lowest BCUT2D eigenvalue weighted by atomic mass is 10.1. The molecule has 32 heavy (non-hydrogen) atoms. The Labute approximate surface area is 185 Å². The first kappa shape index (κ1) is 21.5. The number of aryl methyl sites for hydroxylation is 1. The van der Waals surface area contributed by atoms with E-state index < -0.39 is 6.17 Å². The lowest BCUT2D eigenvalue weighted by Gasteiger charge is -2.27. The first-order chi connectivity index (χ1) is 15.5. The van der Waals surface area contributed by atoms with Crippen LogP contribution in [0.3, 0.4) is 0 Å². The average molecular weight is 436 g/mol. The number of aromatic nitrogens is 4. The fraction of sp³-hybridized carbons (Fsp3) is 0.261. The molecule has 1 atom stereocenters. The average Bonchev–Trinajstić information content (AvgIpc) is 3.27. The topological polar surface area (TPSA) is 91.3 Å². The van der Waals surface area contributed by atoms with Crippen molar-refractivity contribution in [3.05, 3.63) is 55.0 Å². The molecule has 0 saturated carbocycles. The van der Waals surface area contributed by atoms with Gasteiger partial charge in [0.2, 0.25) is 0 Å². The first-order valence-electron chi connectivity index (χ1n) is 10.1. The van der Waals surface area contributed by atoms with Crippen molar-refractivity contribution in [1.82, 2.24) is 19.7 Å². The van der Waals surface area contributed by atoms with Crippen LogP contribution in [-0.4, -0.2) is 53.2 Å². The van der Waals surface area contributed by atoms with Gasteiger partial charge in [0.1, 0.15) is 17.7 Å². The summed E-state index contributed by atoms with van der Waals surface area (Å²) in [5.41, 5.74) is 10.1. The molecule has 4 aromatic rings. The molecule has 9 heteroatoms. The third-order valence-corrected chi connectivity index (χ3v) is 5.12. The van der Waals surface area contributed by atoms with E-state index in [2.05, 4.69) is 10.1 Å². The van der Waals surface area contributed by atoms with Crippen LogP contribution in [0.4, 0.5) is 15.8 Å². The monoisotopic (exact) mass is 436 g/mol. The third kappa shape index (κ3) is 4.47. The molecular formula is C23H25FN6O2. The molecule has 0 radical (unpaired) electrons. The zero-order valence-corrected chi connectivity index (χ0v) is 18.2. The predicted octanol–water partition coefficient (Wildman–Crippen LogP) is 3.48. The number of hydrogen-bond donors (Lipinski definition) is 1. The number of halogens is 1. The molecule has 0 saturated heterocycles. The van der Waals surface area contributed by atoms with Gasteiger partial charge in [-0.1, -0.05) is 0 Å². The second-order valence-corrected chi connectivity index (χ2v) is 7.35. The predicted molar refractivity (Wildman–Crippen MR) is 122 cm³/mol. The molecular weight excluding hydrogens is 411 g/mol. The van der Waals surface area contributed by atoms with Gasteiger partial charge in [-0.2, -0.15) is 5.10 Å². The van der Waals surface area contributed by atoms with Gasteiger partial charge in [-0.05, 0) is 18.2 Å². The molecule has 4 rings (SSSR count). The summed E-state index contributed by atoms with van der Waals surface area (Å²) in [6, 6.07) is 11.1. The van der Waals surface area contributed by atoms with E-state index in [1.807, 2.05) is 48.5 Å². The highest BCUT2D eigenvalue weighted by atomic mass is 19.1. The molecule has 0 amide bonds. The molecule has 0 aliphatic rings. The van der Waals surface area contributed by atoms with Crippen molar-refractivity contribution in [2.24, 2.45) is 12.8 Å². The Balaban J connectivity index is 1.80. The van der Waals surface area contributed by atoms with Crippen LogP contribution in [0.5, 0.6) is 11.5 Å². The number of methoxy groups -OCH3 is 2. The molecule has 2 N–H and O–H groups in total. The summed E-state index contributed by atoms with van der Waals surface area (Å²) >= 11 is 0. The van der Waals surface area contributed by atoms with Crippen LogP contribution in [0.25, 0.3) is 22.3 Å². The number of fused-ring (bicyclic) bond motifs is 1. The highest BCUT2D eigenvalue weighted by molar-refractivity contribution is 5.82. The molecule has 2 aromatic carbocycles. The number of nitrogens with zero attached hydrogens (tertiary/aromatic N) is 5. The third-order valence-electron chi connectivity index (χ3n) is 5.12. The van der Waals surface area contributed by atoms with Crippen LogP contribution in [-0.2, 0) is 7.05 Å². The van der Waals surface area contributed by atoms with Gasteiger partial charge in [-0.25, -0.2) is 9.37 Å². The normalized spacial score (nSPS) is 12.0. The van der Waals surface area contributed by atoms with Crippen molar-refractivity contribution in [1.29, 1.82) is 0 Å². The van der Waals surface area contributed by atoms with Crippen molar-refractivity contribution < 1.29 is 13.9 Å². The Bertz CT molecular complexity index is 1210. The second kappa shape index (κ2) is 9.19. The van der Waals surface area contributed by atoms with Gasteiger partial charge in [0.05, 0.1) is 49.9 Å². The Morgan fingerprint density at radius 3 is 2.41 bits per heavy atom. The summed E-state index contributed by atoms with van der Waals surface area (Å²) in [6.45, 7) is -0.0236. The number of alkyl halides is 1. The van der Waals surface area contributed by atoms with Crippen LogP contribution in [0, 0.1) is 0 Å². The molecule has 2 aromatic heterocycles. The molecule has 0 fully saturated rings. The minimum absolute atomic E-state index is 0.0635. The van der Waals surface area contributed by atoms with E-state index in [4.69, 9.17) is 20.2 Å². The van der Waals surface area contributed by atoms with Gasteiger partial charge in [0.25, 0.3) is 0 Å². The van der Waals surface area contributed by atoms with E-state index >= 15 is 0 Å². The van der Waals surface area contributed by atoms with Gasteiger partial charge in [-0.3, -0.25) is 9.67 Å². The summed E-state index contributed by atoms with van der Waals surface area (Å²) in [5, 5.41) is 4.20. The minimum atomic E-state index is -1.23. The van der Waals surface area contributed by atoms with Gasteiger partial charge < -0.3 is 20.1 Å². The number of hydrogen-bond acceptors (Lipinski definition) is 7. The highest BCUT2D eigenvalue weighted by Crippen LogP contribution is 2.34. The molecule has 2 heterocycles. The summed E-state index contributed by atoms with van der Waals surface area (Å²) in [7, 11) is 5.00. The van der Waals surface area contributed by atoms with E-state index in [-0.39, 0.29) is 13.1 Å². The smallest absolute Gasteiger partial charge is 0.130 e. The fourth-order valence-electron chi connectivity index (χ4n) is 3.44. The van der Waals surface area contributed by atoms with Crippen molar-refractivity contribution in [3.8, 4) is 22.8 Å². The molecule has 0 spiro atoms. The van der Waals surface area contributed by atoms with Crippen molar-refractivity contribution in [3.63, 3.8) is 0 Å². The van der Waals surface area contributed by atoms with E-state index in [1.54, 1.807) is 37.4 Å². The van der Waals surface area contributed by atoms with Gasteiger partial charge in [0, 0.05) is 54.9 Å². The molecule has 8 nitrogen and oxygen atoms in total. The zero-order chi connectivity index (χ0) is 22.7. The van der Waals surface area contributed by atoms with Crippen molar-refractivity contribution in [2.45, 2.75) is 6.17 Å². The number of ether oxygens (including phenoxy) is 2. The molecule has 1 unspecified atom stereocenters. The minimum Gasteiger partial charge on any atom is -0.497 e. The Kier molecular flexibility index (Phi) is 6.18. The molecule has 0 aliphatic carbocycles. The summed E-state index contributed by atoms with van der Waals surface area (Å²) in [6.07, 6.45) is 4.11. The van der Waals surface area contributed by atoms with E-state index in [0.29, 0.717) is 28.4 Å². The first-order valence-corrected chi connectivity index (χ1v) is 10.1. The molecule has 0 aliphatic heterocycles. The quantitative estimate of drug-likeness (QED) is 0.452. The van der Waals surface area contributed by atoms with Gasteiger partial charge >= 0.3 is 0 Å². The van der Waals surface area contributed by atoms with Gasteiger partial charge in [0.15, 0.2) is 0 Å². The molecule has 0 bridgehead atoms. The maximum absolute atomic E-state index is 14.5. The van der Waals surface area contributed by atoms with Crippen LogP contribution >= 0.6 is 0 Å². The largest absolute Gasteiger partial charge is 0.497 e. The number of benzene rings is 2. The lowest BCUT2D eigenvalue weighted by Crippen LogP contribution is -2.31. The van der Waals surface area contributed by atoms with Crippen LogP contribution in [0.2, 0.25) is 0 Å². The van der Waals surface area contributed by atoms with Crippen LogP contribution < -0.4 is 20.1 Å². The molecule has 166 valence electrons. The van der Waals surface area contributed by atoms with Crippen molar-refractivity contribution >= 4 is 22.4 Å². The van der Waals surface area contributed by atoms with E-state index in [0.717, 1.165) is 16.8 Å². The summed E-state index contributed by atoms with van der Waals surface area (Å²) in [4.78, 5) is 11.1.